The number of esters is 3. The molecule has 10 nitrogen and oxygen atoms in total. The molecule has 5 atom stereocenters. The van der Waals surface area contributed by atoms with Crippen molar-refractivity contribution in [2.24, 2.45) is 0 Å². The molecule has 2 aliphatic heterocycles. The normalized spacial score (nSPS) is 27.5. The van der Waals surface area contributed by atoms with Gasteiger partial charge in [-0.25, -0.2) is 0 Å². The Kier molecular flexibility index (Phi) is 6.61. The molecule has 1 unspecified atom stereocenters. The number of halogens is 1. The van der Waals surface area contributed by atoms with Crippen molar-refractivity contribution in [3.8, 4) is 0 Å². The van der Waals surface area contributed by atoms with Crippen molar-refractivity contribution in [3.63, 3.8) is 0 Å². The van der Waals surface area contributed by atoms with Crippen LogP contribution in [0.25, 0.3) is 0 Å². The van der Waals surface area contributed by atoms with Crippen LogP contribution in [0.1, 0.15) is 41.5 Å². The van der Waals surface area contributed by atoms with E-state index in [9.17, 15) is 24.0 Å². The number of fused-ring (bicyclic) bond motifs is 1. The Labute approximate surface area is 182 Å². The summed E-state index contributed by atoms with van der Waals surface area (Å²) in [5.41, 5.74) is -1.04. The molecule has 1 saturated heterocycles. The first-order valence-corrected chi connectivity index (χ1v) is 9.79. The molecule has 0 N–H and O–H groups in total. The molecular weight excluding hydrogens is 434 g/mol. The van der Waals surface area contributed by atoms with Crippen LogP contribution < -0.4 is 0 Å². The minimum absolute atomic E-state index is 0.156. The first-order valence-electron chi connectivity index (χ1n) is 9.36. The minimum atomic E-state index is -1.36. The molecule has 3 rings (SSSR count). The predicted molar refractivity (Wildman–Crippen MR) is 103 cm³/mol. The highest BCUT2D eigenvalue weighted by Crippen LogP contribution is 2.36. The molecule has 2 heterocycles. The summed E-state index contributed by atoms with van der Waals surface area (Å²) in [6.45, 7) is 3.05. The smallest absolute Gasteiger partial charge is 0.303 e. The Bertz CT molecular complexity index is 898. The van der Waals surface area contributed by atoms with E-state index in [4.69, 9.17) is 30.5 Å². The number of imide groups is 1. The molecule has 0 bridgehead atoms. The zero-order chi connectivity index (χ0) is 22.9. The maximum absolute atomic E-state index is 13.0. The molecule has 0 radical (unpaired) electrons. The largest absolute Gasteiger partial charge is 0.463 e. The van der Waals surface area contributed by atoms with Gasteiger partial charge < -0.3 is 18.9 Å². The summed E-state index contributed by atoms with van der Waals surface area (Å²) in [4.78, 5) is 61.6. The maximum Gasteiger partial charge on any atom is 0.303 e. The quantitative estimate of drug-likeness (QED) is 0.278. The van der Waals surface area contributed by atoms with E-state index in [0.717, 1.165) is 18.7 Å². The number of hydrogen-bond acceptors (Lipinski definition) is 9. The van der Waals surface area contributed by atoms with Crippen LogP contribution in [-0.4, -0.2) is 71.1 Å². The second-order valence-corrected chi connectivity index (χ2v) is 7.42. The minimum Gasteiger partial charge on any atom is -0.463 e. The Morgan fingerprint density at radius 2 is 1.45 bits per heavy atom. The summed E-state index contributed by atoms with van der Waals surface area (Å²) in [5, 5.41) is 0. The van der Waals surface area contributed by atoms with Gasteiger partial charge in [-0.15, -0.1) is 0 Å². The van der Waals surface area contributed by atoms with Gasteiger partial charge in [0.1, 0.15) is 18.8 Å². The second kappa shape index (κ2) is 9.03. The number of benzene rings is 1. The summed E-state index contributed by atoms with van der Waals surface area (Å²) >= 11 is 6.39. The van der Waals surface area contributed by atoms with Crippen molar-refractivity contribution >= 4 is 41.3 Å². The van der Waals surface area contributed by atoms with Crippen LogP contribution in [0, 0.1) is 0 Å². The zero-order valence-electron chi connectivity index (χ0n) is 16.9. The molecule has 1 aromatic carbocycles. The first-order chi connectivity index (χ1) is 14.6. The monoisotopic (exact) mass is 453 g/mol. The molecule has 1 aromatic rings. The van der Waals surface area contributed by atoms with Crippen molar-refractivity contribution in [3.05, 3.63) is 35.4 Å². The molecule has 2 amide bonds. The summed E-state index contributed by atoms with van der Waals surface area (Å²) in [6.07, 6.45) is -3.77. The molecule has 11 heteroatoms. The van der Waals surface area contributed by atoms with E-state index in [1.807, 2.05) is 0 Å². The SMILES string of the molecule is CC(=O)OC[C@H]1OC(Cl)[C@H](N2C(=O)c3ccccc3C2=O)[C@@H](OC(C)=O)[C@@H]1OC(C)=O. The fraction of sp³-hybridized carbons (Fsp3) is 0.450. The third kappa shape index (κ3) is 4.54. The first kappa shape index (κ1) is 22.7. The standard InChI is InChI=1S/C20H20ClNO9/c1-9(23)28-8-14-16(29-10(2)24)17(30-11(3)25)15(18(21)31-14)22-19(26)12-6-4-5-7-13(12)20(22)27/h4-7,14-18H,8H2,1-3H3/t14-,15-,16-,17-,18?/m1/s1. The van der Waals surface area contributed by atoms with Gasteiger partial charge >= 0.3 is 17.9 Å². The molecule has 0 aromatic heterocycles. The van der Waals surface area contributed by atoms with Crippen molar-refractivity contribution < 1.29 is 42.9 Å². The van der Waals surface area contributed by atoms with E-state index in [1.165, 1.54) is 19.1 Å². The van der Waals surface area contributed by atoms with Crippen molar-refractivity contribution in [2.75, 3.05) is 6.61 Å². The van der Waals surface area contributed by atoms with Gasteiger partial charge in [0.15, 0.2) is 17.8 Å². The lowest BCUT2D eigenvalue weighted by molar-refractivity contribution is -0.218. The average Bonchev–Trinajstić information content (AvgIpc) is 2.93. The van der Waals surface area contributed by atoms with Crippen LogP contribution in [0.5, 0.6) is 0 Å². The number of alkyl halides is 1. The fourth-order valence-corrected chi connectivity index (χ4v) is 4.01. The number of amides is 2. The van der Waals surface area contributed by atoms with Crippen LogP contribution in [0.4, 0.5) is 0 Å². The van der Waals surface area contributed by atoms with Gasteiger partial charge in [0.05, 0.1) is 11.1 Å². The number of carbonyl (C=O) groups excluding carboxylic acids is 5. The van der Waals surface area contributed by atoms with E-state index in [1.54, 1.807) is 12.1 Å². The van der Waals surface area contributed by atoms with Gasteiger partial charge in [0.25, 0.3) is 11.8 Å². The van der Waals surface area contributed by atoms with Gasteiger partial charge in [0, 0.05) is 20.8 Å². The molecule has 0 aliphatic carbocycles. The number of ether oxygens (including phenoxy) is 4. The van der Waals surface area contributed by atoms with E-state index >= 15 is 0 Å². The lowest BCUT2D eigenvalue weighted by Crippen LogP contribution is -2.65. The van der Waals surface area contributed by atoms with E-state index in [-0.39, 0.29) is 17.7 Å². The van der Waals surface area contributed by atoms with Crippen molar-refractivity contribution in [1.29, 1.82) is 0 Å². The Morgan fingerprint density at radius 1 is 0.935 bits per heavy atom. The number of rotatable bonds is 5. The summed E-state index contributed by atoms with van der Waals surface area (Å²) in [6, 6.07) is 4.86. The van der Waals surface area contributed by atoms with Crippen LogP contribution in [-0.2, 0) is 33.3 Å². The zero-order valence-corrected chi connectivity index (χ0v) is 17.7. The lowest BCUT2D eigenvalue weighted by atomic mass is 9.96. The summed E-state index contributed by atoms with van der Waals surface area (Å²) < 4.78 is 21.3. The highest BCUT2D eigenvalue weighted by atomic mass is 35.5. The Morgan fingerprint density at radius 3 is 1.94 bits per heavy atom. The second-order valence-electron chi connectivity index (χ2n) is 6.99. The number of nitrogens with zero attached hydrogens (tertiary/aromatic N) is 1. The van der Waals surface area contributed by atoms with Crippen molar-refractivity contribution in [2.45, 2.75) is 50.7 Å². The highest BCUT2D eigenvalue weighted by molar-refractivity contribution is 6.24. The van der Waals surface area contributed by atoms with E-state index in [0.29, 0.717) is 0 Å². The van der Waals surface area contributed by atoms with Gasteiger partial charge in [-0.1, -0.05) is 23.7 Å². The van der Waals surface area contributed by atoms with Gasteiger partial charge in [0.2, 0.25) is 0 Å². The Hall–Kier alpha value is -2.98. The third-order valence-corrected chi connectivity index (χ3v) is 5.14. The maximum atomic E-state index is 13.0. The lowest BCUT2D eigenvalue weighted by Gasteiger charge is -2.45. The van der Waals surface area contributed by atoms with Gasteiger partial charge in [-0.3, -0.25) is 28.9 Å². The van der Waals surface area contributed by atoms with Crippen molar-refractivity contribution in [1.82, 2.24) is 4.90 Å². The molecule has 0 spiro atoms. The number of hydrogen-bond donors (Lipinski definition) is 0. The summed E-state index contributed by atoms with van der Waals surface area (Å²) in [7, 11) is 0. The van der Waals surface area contributed by atoms with E-state index < -0.39 is 59.6 Å². The Balaban J connectivity index is 2.01. The van der Waals surface area contributed by atoms with Gasteiger partial charge in [-0.2, -0.15) is 0 Å². The van der Waals surface area contributed by atoms with Crippen LogP contribution >= 0.6 is 11.6 Å². The third-order valence-electron chi connectivity index (χ3n) is 4.78. The molecule has 31 heavy (non-hydrogen) atoms. The molecule has 166 valence electrons. The van der Waals surface area contributed by atoms with Crippen LogP contribution in [0.2, 0.25) is 0 Å². The predicted octanol–water partition coefficient (Wildman–Crippen LogP) is 1.04. The van der Waals surface area contributed by atoms with Crippen LogP contribution in [0.15, 0.2) is 24.3 Å². The molecular formula is C20H20ClNO9. The van der Waals surface area contributed by atoms with Crippen LogP contribution in [0.3, 0.4) is 0 Å². The summed E-state index contributed by atoms with van der Waals surface area (Å²) in [5.74, 6) is -3.44. The average molecular weight is 454 g/mol. The highest BCUT2D eigenvalue weighted by Gasteiger charge is 2.56. The molecule has 2 aliphatic rings. The molecule has 1 fully saturated rings. The number of carbonyl (C=O) groups is 5. The van der Waals surface area contributed by atoms with Gasteiger partial charge in [-0.05, 0) is 12.1 Å². The van der Waals surface area contributed by atoms with E-state index in [2.05, 4.69) is 0 Å². The topological polar surface area (TPSA) is 126 Å². The molecule has 0 saturated carbocycles. The fourth-order valence-electron chi connectivity index (χ4n) is 3.62.